The Morgan fingerprint density at radius 3 is 2.81 bits per heavy atom. The van der Waals surface area contributed by atoms with Gasteiger partial charge < -0.3 is 10.4 Å². The quantitative estimate of drug-likeness (QED) is 0.849. The van der Waals surface area contributed by atoms with E-state index in [1.165, 1.54) is 0 Å². The number of nitrogens with zero attached hydrogens (tertiary/aromatic N) is 2. The van der Waals surface area contributed by atoms with Crippen molar-refractivity contribution in [2.24, 2.45) is 13.0 Å². The molecule has 1 aromatic carbocycles. The zero-order valence-corrected chi connectivity index (χ0v) is 12.2. The van der Waals surface area contributed by atoms with Crippen LogP contribution in [0.1, 0.15) is 30.3 Å². The first-order valence-electron chi connectivity index (χ1n) is 6.90. The van der Waals surface area contributed by atoms with Gasteiger partial charge in [-0.3, -0.25) is 14.3 Å². The topological polar surface area (TPSA) is 84.2 Å². The molecule has 2 rings (SSSR count). The molecule has 0 saturated carbocycles. The van der Waals surface area contributed by atoms with Crippen molar-refractivity contribution in [1.82, 2.24) is 15.1 Å². The standard InChI is InChI=1S/C15H19N3O3/c1-10(7-8-13(19)20)9-16-15(21)14-11-5-3-4-6-12(11)18(2)17-14/h3-6,10H,7-9H2,1-2H3,(H,16,21)(H,19,20). The zero-order chi connectivity index (χ0) is 15.4. The van der Waals surface area contributed by atoms with E-state index in [2.05, 4.69) is 10.4 Å². The van der Waals surface area contributed by atoms with Gasteiger partial charge >= 0.3 is 5.97 Å². The lowest BCUT2D eigenvalue weighted by Crippen LogP contribution is -2.29. The summed E-state index contributed by atoms with van der Waals surface area (Å²) < 4.78 is 1.68. The summed E-state index contributed by atoms with van der Waals surface area (Å²) in [6, 6.07) is 7.55. The molecule has 21 heavy (non-hydrogen) atoms. The highest BCUT2D eigenvalue weighted by atomic mass is 16.4. The highest BCUT2D eigenvalue weighted by molar-refractivity contribution is 6.04. The molecule has 6 nitrogen and oxygen atoms in total. The van der Waals surface area contributed by atoms with Crippen molar-refractivity contribution in [2.75, 3.05) is 6.54 Å². The maximum Gasteiger partial charge on any atom is 0.303 e. The summed E-state index contributed by atoms with van der Waals surface area (Å²) in [6.45, 7) is 2.36. The third-order valence-electron chi connectivity index (χ3n) is 3.43. The second kappa shape index (κ2) is 6.39. The van der Waals surface area contributed by atoms with E-state index in [1.54, 1.807) is 11.7 Å². The lowest BCUT2D eigenvalue weighted by molar-refractivity contribution is -0.137. The monoisotopic (exact) mass is 289 g/mol. The Balaban J connectivity index is 2.01. The molecule has 2 aromatic rings. The van der Waals surface area contributed by atoms with E-state index < -0.39 is 5.97 Å². The number of aliphatic carboxylic acids is 1. The Morgan fingerprint density at radius 1 is 1.38 bits per heavy atom. The number of rotatable bonds is 6. The van der Waals surface area contributed by atoms with E-state index in [4.69, 9.17) is 5.11 Å². The average molecular weight is 289 g/mol. The molecule has 0 aliphatic rings. The predicted octanol–water partition coefficient (Wildman–Crippen LogP) is 1.80. The van der Waals surface area contributed by atoms with Crippen LogP contribution in [-0.4, -0.2) is 33.3 Å². The number of hydrogen-bond acceptors (Lipinski definition) is 3. The lowest BCUT2D eigenvalue weighted by Gasteiger charge is -2.10. The molecular weight excluding hydrogens is 270 g/mol. The molecule has 0 bridgehead atoms. The van der Waals surface area contributed by atoms with Crippen molar-refractivity contribution in [3.63, 3.8) is 0 Å². The number of fused-ring (bicyclic) bond motifs is 1. The van der Waals surface area contributed by atoms with Crippen LogP contribution in [0.3, 0.4) is 0 Å². The van der Waals surface area contributed by atoms with Crippen LogP contribution in [0.4, 0.5) is 0 Å². The third kappa shape index (κ3) is 3.59. The van der Waals surface area contributed by atoms with Crippen LogP contribution in [0.2, 0.25) is 0 Å². The summed E-state index contributed by atoms with van der Waals surface area (Å²) in [5, 5.41) is 16.5. The first-order valence-corrected chi connectivity index (χ1v) is 6.90. The van der Waals surface area contributed by atoms with Crippen LogP contribution in [0.25, 0.3) is 10.9 Å². The molecule has 6 heteroatoms. The molecule has 1 amide bonds. The van der Waals surface area contributed by atoms with Crippen molar-refractivity contribution in [2.45, 2.75) is 19.8 Å². The molecule has 0 fully saturated rings. The van der Waals surface area contributed by atoms with Crippen molar-refractivity contribution in [1.29, 1.82) is 0 Å². The van der Waals surface area contributed by atoms with Crippen LogP contribution in [0, 0.1) is 5.92 Å². The minimum atomic E-state index is -0.816. The Labute approximate surface area is 122 Å². The van der Waals surface area contributed by atoms with Gasteiger partial charge in [0.15, 0.2) is 5.69 Å². The van der Waals surface area contributed by atoms with Crippen LogP contribution >= 0.6 is 0 Å². The molecule has 0 spiro atoms. The minimum absolute atomic E-state index is 0.111. The van der Waals surface area contributed by atoms with Crippen LogP contribution in [0.15, 0.2) is 24.3 Å². The van der Waals surface area contributed by atoms with Crippen molar-refractivity contribution >= 4 is 22.8 Å². The number of carboxylic acids is 1. The fraction of sp³-hybridized carbons (Fsp3) is 0.400. The number of nitrogens with one attached hydrogen (secondary N) is 1. The highest BCUT2D eigenvalue weighted by Crippen LogP contribution is 2.17. The van der Waals surface area contributed by atoms with E-state index in [-0.39, 0.29) is 18.2 Å². The second-order valence-electron chi connectivity index (χ2n) is 5.24. The van der Waals surface area contributed by atoms with Gasteiger partial charge in [-0.15, -0.1) is 0 Å². The fourth-order valence-corrected chi connectivity index (χ4v) is 2.20. The number of carboxylic acid groups (broad SMARTS) is 1. The smallest absolute Gasteiger partial charge is 0.303 e. The molecule has 1 atom stereocenters. The summed E-state index contributed by atoms with van der Waals surface area (Å²) in [6.07, 6.45) is 0.655. The molecule has 112 valence electrons. The maximum absolute atomic E-state index is 12.2. The number of amides is 1. The molecule has 0 aliphatic carbocycles. The predicted molar refractivity (Wildman–Crippen MR) is 79.1 cm³/mol. The zero-order valence-electron chi connectivity index (χ0n) is 12.2. The van der Waals surface area contributed by atoms with Gasteiger partial charge in [0.2, 0.25) is 0 Å². The number of benzene rings is 1. The van der Waals surface area contributed by atoms with Crippen molar-refractivity contribution in [3.8, 4) is 0 Å². The number of carbonyl (C=O) groups is 2. The first-order chi connectivity index (χ1) is 9.99. The number of carbonyl (C=O) groups excluding carboxylic acids is 1. The summed E-state index contributed by atoms with van der Waals surface area (Å²) in [5.41, 5.74) is 1.31. The molecular formula is C15H19N3O3. The maximum atomic E-state index is 12.2. The minimum Gasteiger partial charge on any atom is -0.481 e. The van der Waals surface area contributed by atoms with Crippen LogP contribution < -0.4 is 5.32 Å². The van der Waals surface area contributed by atoms with Gasteiger partial charge in [-0.2, -0.15) is 5.10 Å². The van der Waals surface area contributed by atoms with Crippen LogP contribution in [0.5, 0.6) is 0 Å². The molecule has 1 heterocycles. The van der Waals surface area contributed by atoms with E-state index in [9.17, 15) is 9.59 Å². The summed E-state index contributed by atoms with van der Waals surface area (Å²) in [7, 11) is 1.80. The fourth-order valence-electron chi connectivity index (χ4n) is 2.20. The SMILES string of the molecule is CC(CCC(=O)O)CNC(=O)c1nn(C)c2ccccc12. The molecule has 0 saturated heterocycles. The van der Waals surface area contributed by atoms with Crippen molar-refractivity contribution < 1.29 is 14.7 Å². The Kier molecular flexibility index (Phi) is 4.57. The van der Waals surface area contributed by atoms with E-state index in [0.717, 1.165) is 10.9 Å². The molecule has 2 N–H and O–H groups in total. The number of aryl methyl sites for hydroxylation is 1. The average Bonchev–Trinajstić information content (AvgIpc) is 2.80. The molecule has 0 radical (unpaired) electrons. The third-order valence-corrected chi connectivity index (χ3v) is 3.43. The van der Waals surface area contributed by atoms with Crippen molar-refractivity contribution in [3.05, 3.63) is 30.0 Å². The van der Waals surface area contributed by atoms with Crippen LogP contribution in [-0.2, 0) is 11.8 Å². The van der Waals surface area contributed by atoms with E-state index in [0.29, 0.717) is 18.7 Å². The molecule has 0 aliphatic heterocycles. The summed E-state index contributed by atoms with van der Waals surface area (Å²) >= 11 is 0. The van der Waals surface area contributed by atoms with Gasteiger partial charge in [-0.05, 0) is 18.4 Å². The number of aromatic nitrogens is 2. The normalized spacial score (nSPS) is 12.3. The van der Waals surface area contributed by atoms with Gasteiger partial charge in [0.1, 0.15) is 0 Å². The summed E-state index contributed by atoms with van der Waals surface area (Å²) in [5.74, 6) is -0.933. The van der Waals surface area contributed by atoms with Gasteiger partial charge in [-0.25, -0.2) is 0 Å². The largest absolute Gasteiger partial charge is 0.481 e. The van der Waals surface area contributed by atoms with Gasteiger partial charge in [0.05, 0.1) is 5.52 Å². The second-order valence-corrected chi connectivity index (χ2v) is 5.24. The van der Waals surface area contributed by atoms with Gasteiger partial charge in [-0.1, -0.05) is 25.1 Å². The number of hydrogen-bond donors (Lipinski definition) is 2. The van der Waals surface area contributed by atoms with Gasteiger partial charge in [0, 0.05) is 25.4 Å². The lowest BCUT2D eigenvalue weighted by atomic mass is 10.1. The first kappa shape index (κ1) is 15.0. The Morgan fingerprint density at radius 2 is 2.10 bits per heavy atom. The van der Waals surface area contributed by atoms with E-state index in [1.807, 2.05) is 31.2 Å². The van der Waals surface area contributed by atoms with Gasteiger partial charge in [0.25, 0.3) is 5.91 Å². The number of para-hydroxylation sites is 1. The Hall–Kier alpha value is -2.37. The Bertz CT molecular complexity index is 663. The molecule has 1 aromatic heterocycles. The molecule has 1 unspecified atom stereocenters. The van der Waals surface area contributed by atoms with E-state index >= 15 is 0 Å². The highest BCUT2D eigenvalue weighted by Gasteiger charge is 2.16. The summed E-state index contributed by atoms with van der Waals surface area (Å²) in [4.78, 5) is 22.7.